The summed E-state index contributed by atoms with van der Waals surface area (Å²) in [6.45, 7) is 4.10. The van der Waals surface area contributed by atoms with Gasteiger partial charge < -0.3 is 9.64 Å². The molecule has 0 bridgehead atoms. The average molecular weight is 449 g/mol. The quantitative estimate of drug-likeness (QED) is 0.555. The van der Waals surface area contributed by atoms with Crippen molar-refractivity contribution in [3.8, 4) is 5.75 Å². The van der Waals surface area contributed by atoms with Gasteiger partial charge in [-0.1, -0.05) is 42.6 Å². The molecule has 1 aliphatic heterocycles. The minimum absolute atomic E-state index is 0.199. The van der Waals surface area contributed by atoms with Crippen LogP contribution in [0.2, 0.25) is 5.02 Å². The standard InChI is InChI=1S/C22H29ClN4O2S/c1-16-13-17(23)9-10-19(16)29-14-20-24-25-22(27(20)18-7-3-2-4-8-18)30-15-21(28)26-11-5-6-12-26/h9-10,13,18H,2-8,11-12,14-15H2,1H3. The fourth-order valence-corrected chi connectivity index (χ4v) is 5.47. The minimum atomic E-state index is 0.199. The summed E-state index contributed by atoms with van der Waals surface area (Å²) in [4.78, 5) is 14.5. The molecular formula is C22H29ClN4O2S. The topological polar surface area (TPSA) is 60.3 Å². The third kappa shape index (κ3) is 5.11. The lowest BCUT2D eigenvalue weighted by atomic mass is 9.95. The van der Waals surface area contributed by atoms with Crippen LogP contribution in [-0.4, -0.2) is 44.4 Å². The highest BCUT2D eigenvalue weighted by Crippen LogP contribution is 2.33. The number of carbonyl (C=O) groups excluding carboxylic acids is 1. The third-order valence-corrected chi connectivity index (χ3v) is 7.12. The minimum Gasteiger partial charge on any atom is -0.485 e. The maximum absolute atomic E-state index is 12.5. The summed E-state index contributed by atoms with van der Waals surface area (Å²) >= 11 is 7.56. The van der Waals surface area contributed by atoms with Gasteiger partial charge in [0.1, 0.15) is 12.4 Å². The summed E-state index contributed by atoms with van der Waals surface area (Å²) in [5.41, 5.74) is 0.997. The van der Waals surface area contributed by atoms with Gasteiger partial charge in [-0.25, -0.2) is 0 Å². The number of aromatic nitrogens is 3. The number of halogens is 1. The zero-order valence-corrected chi connectivity index (χ0v) is 19.1. The Morgan fingerprint density at radius 2 is 1.93 bits per heavy atom. The first kappa shape index (κ1) is 21.5. The highest BCUT2D eigenvalue weighted by Gasteiger charge is 2.25. The molecule has 162 valence electrons. The normalized spacial score (nSPS) is 17.5. The van der Waals surface area contributed by atoms with Crippen LogP contribution in [-0.2, 0) is 11.4 Å². The monoisotopic (exact) mass is 448 g/mol. The van der Waals surface area contributed by atoms with Gasteiger partial charge in [0, 0.05) is 24.2 Å². The van der Waals surface area contributed by atoms with Gasteiger partial charge in [0.2, 0.25) is 5.91 Å². The molecule has 1 aromatic heterocycles. The number of thioether (sulfide) groups is 1. The zero-order valence-electron chi connectivity index (χ0n) is 17.5. The Labute approximate surface area is 187 Å². The van der Waals surface area contributed by atoms with Crippen LogP contribution in [0.25, 0.3) is 0 Å². The Hall–Kier alpha value is -1.73. The lowest BCUT2D eigenvalue weighted by molar-refractivity contribution is -0.127. The summed E-state index contributed by atoms with van der Waals surface area (Å²) in [5.74, 6) is 2.25. The highest BCUT2D eigenvalue weighted by atomic mass is 35.5. The fourth-order valence-electron chi connectivity index (χ4n) is 4.31. The van der Waals surface area contributed by atoms with Crippen LogP contribution < -0.4 is 4.74 Å². The Morgan fingerprint density at radius 3 is 2.67 bits per heavy atom. The molecule has 2 fully saturated rings. The van der Waals surface area contributed by atoms with Crippen LogP contribution in [0.15, 0.2) is 23.4 Å². The number of rotatable bonds is 7. The van der Waals surface area contributed by atoms with Crippen molar-refractivity contribution in [2.24, 2.45) is 0 Å². The summed E-state index contributed by atoms with van der Waals surface area (Å²) in [5, 5.41) is 10.4. The molecule has 1 aromatic carbocycles. The first-order valence-corrected chi connectivity index (χ1v) is 12.2. The van der Waals surface area contributed by atoms with Crippen molar-refractivity contribution in [2.45, 2.75) is 69.7 Å². The van der Waals surface area contributed by atoms with Crippen LogP contribution in [0.4, 0.5) is 0 Å². The van der Waals surface area contributed by atoms with Gasteiger partial charge in [0.15, 0.2) is 11.0 Å². The molecule has 1 saturated heterocycles. The summed E-state index contributed by atoms with van der Waals surface area (Å²) in [7, 11) is 0. The highest BCUT2D eigenvalue weighted by molar-refractivity contribution is 7.99. The van der Waals surface area contributed by atoms with E-state index in [0.717, 1.165) is 61.1 Å². The number of carbonyl (C=O) groups is 1. The molecule has 30 heavy (non-hydrogen) atoms. The number of ether oxygens (including phenoxy) is 1. The molecule has 2 heterocycles. The average Bonchev–Trinajstić information content (AvgIpc) is 3.42. The number of nitrogens with zero attached hydrogens (tertiary/aromatic N) is 4. The maximum Gasteiger partial charge on any atom is 0.233 e. The van der Waals surface area contributed by atoms with E-state index in [9.17, 15) is 4.79 Å². The molecule has 1 aliphatic carbocycles. The van der Waals surface area contributed by atoms with Crippen LogP contribution in [0, 0.1) is 6.92 Å². The SMILES string of the molecule is Cc1cc(Cl)ccc1OCc1nnc(SCC(=O)N2CCCC2)n1C1CCCCC1. The second kappa shape index (κ2) is 10.1. The number of hydrogen-bond donors (Lipinski definition) is 0. The molecule has 2 aromatic rings. The van der Waals surface area contributed by atoms with Crippen molar-refractivity contribution in [3.63, 3.8) is 0 Å². The van der Waals surface area contributed by atoms with E-state index in [4.69, 9.17) is 16.3 Å². The van der Waals surface area contributed by atoms with Gasteiger partial charge in [-0.3, -0.25) is 9.36 Å². The molecule has 1 saturated carbocycles. The van der Waals surface area contributed by atoms with E-state index in [-0.39, 0.29) is 5.91 Å². The first-order chi connectivity index (χ1) is 14.6. The van der Waals surface area contributed by atoms with Crippen molar-refractivity contribution < 1.29 is 9.53 Å². The van der Waals surface area contributed by atoms with Gasteiger partial charge in [-0.2, -0.15) is 0 Å². The zero-order chi connectivity index (χ0) is 20.9. The molecule has 0 spiro atoms. The van der Waals surface area contributed by atoms with E-state index in [0.29, 0.717) is 23.4 Å². The van der Waals surface area contributed by atoms with Crippen molar-refractivity contribution in [3.05, 3.63) is 34.6 Å². The van der Waals surface area contributed by atoms with E-state index < -0.39 is 0 Å². The molecule has 0 N–H and O–H groups in total. The molecular weight excluding hydrogens is 420 g/mol. The van der Waals surface area contributed by atoms with Crippen molar-refractivity contribution in [2.75, 3.05) is 18.8 Å². The summed E-state index contributed by atoms with van der Waals surface area (Å²) in [6.07, 6.45) is 8.19. The second-order valence-corrected chi connectivity index (χ2v) is 9.51. The Kier molecular flexibility index (Phi) is 7.20. The lowest BCUT2D eigenvalue weighted by Crippen LogP contribution is -2.29. The molecule has 2 aliphatic rings. The lowest BCUT2D eigenvalue weighted by Gasteiger charge is -2.25. The van der Waals surface area contributed by atoms with Gasteiger partial charge in [-0.15, -0.1) is 10.2 Å². The molecule has 0 radical (unpaired) electrons. The Balaban J connectivity index is 1.48. The number of aryl methyl sites for hydroxylation is 1. The van der Waals surface area contributed by atoms with Crippen molar-refractivity contribution in [1.82, 2.24) is 19.7 Å². The smallest absolute Gasteiger partial charge is 0.233 e. The molecule has 6 nitrogen and oxygen atoms in total. The number of hydrogen-bond acceptors (Lipinski definition) is 5. The van der Waals surface area contributed by atoms with Crippen LogP contribution in [0.3, 0.4) is 0 Å². The van der Waals surface area contributed by atoms with Gasteiger partial charge in [0.05, 0.1) is 5.75 Å². The van der Waals surface area contributed by atoms with E-state index >= 15 is 0 Å². The fraction of sp³-hybridized carbons (Fsp3) is 0.591. The van der Waals surface area contributed by atoms with Gasteiger partial charge in [0.25, 0.3) is 0 Å². The number of benzene rings is 1. The molecule has 1 amide bonds. The summed E-state index contributed by atoms with van der Waals surface area (Å²) < 4.78 is 8.29. The molecule has 0 unspecified atom stereocenters. The predicted octanol–water partition coefficient (Wildman–Crippen LogP) is 5.04. The van der Waals surface area contributed by atoms with Crippen LogP contribution >= 0.6 is 23.4 Å². The molecule has 4 rings (SSSR count). The van der Waals surface area contributed by atoms with Gasteiger partial charge >= 0.3 is 0 Å². The van der Waals surface area contributed by atoms with E-state index in [1.807, 2.05) is 30.0 Å². The molecule has 0 atom stereocenters. The third-order valence-electron chi connectivity index (χ3n) is 5.95. The van der Waals surface area contributed by atoms with Crippen molar-refractivity contribution in [1.29, 1.82) is 0 Å². The second-order valence-electron chi connectivity index (χ2n) is 8.14. The Bertz CT molecular complexity index is 876. The van der Waals surface area contributed by atoms with Gasteiger partial charge in [-0.05, 0) is 56.4 Å². The Morgan fingerprint density at radius 1 is 1.17 bits per heavy atom. The molecule has 8 heteroatoms. The summed E-state index contributed by atoms with van der Waals surface area (Å²) in [6, 6.07) is 6.00. The van der Waals surface area contributed by atoms with Crippen LogP contribution in [0.5, 0.6) is 5.75 Å². The number of likely N-dealkylation sites (tertiary alicyclic amines) is 1. The first-order valence-electron chi connectivity index (χ1n) is 10.8. The van der Waals surface area contributed by atoms with E-state index in [1.54, 1.807) is 0 Å². The van der Waals surface area contributed by atoms with Crippen molar-refractivity contribution >= 4 is 29.3 Å². The maximum atomic E-state index is 12.5. The largest absolute Gasteiger partial charge is 0.485 e. The van der Waals surface area contributed by atoms with E-state index in [1.165, 1.54) is 31.0 Å². The van der Waals surface area contributed by atoms with Crippen LogP contribution in [0.1, 0.15) is 62.4 Å². The predicted molar refractivity (Wildman–Crippen MR) is 119 cm³/mol. The number of amides is 1. The van der Waals surface area contributed by atoms with E-state index in [2.05, 4.69) is 14.8 Å².